The van der Waals surface area contributed by atoms with Gasteiger partial charge in [0.2, 0.25) is 5.91 Å². The van der Waals surface area contributed by atoms with Gasteiger partial charge in [0.25, 0.3) is 5.56 Å². The van der Waals surface area contributed by atoms with E-state index in [1.165, 1.54) is 22.0 Å². The monoisotopic (exact) mass is 461 g/mol. The molecule has 0 spiro atoms. The van der Waals surface area contributed by atoms with Gasteiger partial charge in [-0.3, -0.25) is 14.2 Å². The van der Waals surface area contributed by atoms with E-state index < -0.39 is 0 Å². The van der Waals surface area contributed by atoms with Gasteiger partial charge in [-0.1, -0.05) is 35.2 Å². The van der Waals surface area contributed by atoms with E-state index in [0.717, 1.165) is 30.0 Å². The van der Waals surface area contributed by atoms with Gasteiger partial charge in [-0.25, -0.2) is 9.37 Å². The van der Waals surface area contributed by atoms with Gasteiger partial charge >= 0.3 is 0 Å². The standard InChI is InChI=1S/C21H24FN5O2S2/c1-5-10-27-19(29)17-18(24-20(31-17)26(6-2)7-3)25-21(27)30-12-16(28)23-14-9-8-13(4)15(22)11-14/h5,8-9,11H,1,6-7,10,12H2,2-4H3,(H,23,28). The molecule has 0 radical (unpaired) electrons. The summed E-state index contributed by atoms with van der Waals surface area (Å²) < 4.78 is 15.7. The summed E-state index contributed by atoms with van der Waals surface area (Å²) in [6, 6.07) is 4.52. The molecule has 0 unspecified atom stereocenters. The Labute approximate surface area is 188 Å². The van der Waals surface area contributed by atoms with Gasteiger partial charge in [0, 0.05) is 25.3 Å². The van der Waals surface area contributed by atoms with E-state index in [9.17, 15) is 14.0 Å². The third kappa shape index (κ3) is 5.13. The molecule has 1 aromatic carbocycles. The van der Waals surface area contributed by atoms with Gasteiger partial charge in [-0.15, -0.1) is 6.58 Å². The number of nitrogens with one attached hydrogen (secondary N) is 1. The summed E-state index contributed by atoms with van der Waals surface area (Å²) in [6.07, 6.45) is 1.61. The van der Waals surface area contributed by atoms with Crippen molar-refractivity contribution < 1.29 is 9.18 Å². The molecular weight excluding hydrogens is 437 g/mol. The number of amides is 1. The Morgan fingerprint density at radius 1 is 1.35 bits per heavy atom. The second-order valence-electron chi connectivity index (χ2n) is 6.72. The van der Waals surface area contributed by atoms with Crippen molar-refractivity contribution in [3.8, 4) is 0 Å². The number of halogens is 1. The molecule has 2 heterocycles. The number of nitrogens with zero attached hydrogens (tertiary/aromatic N) is 4. The first-order valence-corrected chi connectivity index (χ1v) is 11.6. The predicted octanol–water partition coefficient (Wildman–Crippen LogP) is 4.06. The Morgan fingerprint density at radius 2 is 2.10 bits per heavy atom. The minimum Gasteiger partial charge on any atom is -0.349 e. The average molecular weight is 462 g/mol. The maximum absolute atomic E-state index is 13.7. The van der Waals surface area contributed by atoms with Crippen molar-refractivity contribution in [1.82, 2.24) is 14.5 Å². The smallest absolute Gasteiger partial charge is 0.274 e. The fraction of sp³-hybridized carbons (Fsp3) is 0.333. The highest BCUT2D eigenvalue weighted by molar-refractivity contribution is 7.99. The van der Waals surface area contributed by atoms with Crippen molar-refractivity contribution in [3.63, 3.8) is 0 Å². The summed E-state index contributed by atoms with van der Waals surface area (Å²) >= 11 is 2.45. The van der Waals surface area contributed by atoms with Crippen LogP contribution in [0.3, 0.4) is 0 Å². The Morgan fingerprint density at radius 3 is 2.74 bits per heavy atom. The Hall–Kier alpha value is -2.72. The van der Waals surface area contributed by atoms with E-state index >= 15 is 0 Å². The van der Waals surface area contributed by atoms with Crippen molar-refractivity contribution in [3.05, 3.63) is 52.6 Å². The van der Waals surface area contributed by atoms with Crippen LogP contribution in [0.1, 0.15) is 19.4 Å². The molecule has 0 aliphatic heterocycles. The number of aromatic nitrogens is 3. The zero-order chi connectivity index (χ0) is 22.5. The number of aryl methyl sites for hydroxylation is 1. The SMILES string of the molecule is C=CCn1c(SCC(=O)Nc2ccc(C)c(F)c2)nc2nc(N(CC)CC)sc2c1=O. The number of hydrogen-bond acceptors (Lipinski definition) is 7. The molecule has 0 atom stereocenters. The van der Waals surface area contributed by atoms with Crippen molar-refractivity contribution in [2.24, 2.45) is 0 Å². The molecular formula is C21H24FN5O2S2. The molecule has 7 nitrogen and oxygen atoms in total. The number of fused-ring (bicyclic) bond motifs is 1. The molecule has 2 aromatic heterocycles. The van der Waals surface area contributed by atoms with E-state index in [0.29, 0.717) is 26.8 Å². The zero-order valence-corrected chi connectivity index (χ0v) is 19.3. The molecule has 0 saturated carbocycles. The van der Waals surface area contributed by atoms with Crippen LogP contribution in [0.4, 0.5) is 15.2 Å². The molecule has 0 saturated heterocycles. The Bertz CT molecular complexity index is 1170. The highest BCUT2D eigenvalue weighted by Gasteiger charge is 2.18. The van der Waals surface area contributed by atoms with E-state index in [4.69, 9.17) is 0 Å². The molecule has 164 valence electrons. The van der Waals surface area contributed by atoms with E-state index in [2.05, 4.69) is 26.8 Å². The van der Waals surface area contributed by atoms with Gasteiger partial charge in [0.1, 0.15) is 10.5 Å². The first-order valence-electron chi connectivity index (χ1n) is 9.83. The lowest BCUT2D eigenvalue weighted by atomic mass is 10.2. The highest BCUT2D eigenvalue weighted by atomic mass is 32.2. The molecule has 0 fully saturated rings. The second kappa shape index (κ2) is 10.1. The van der Waals surface area contributed by atoms with Crippen LogP contribution in [0.2, 0.25) is 0 Å². The topological polar surface area (TPSA) is 80.1 Å². The molecule has 3 aromatic rings. The lowest BCUT2D eigenvalue weighted by Crippen LogP contribution is -2.23. The number of carbonyl (C=O) groups is 1. The number of carbonyl (C=O) groups excluding carboxylic acids is 1. The minimum atomic E-state index is -0.384. The van der Waals surface area contributed by atoms with Gasteiger partial charge in [-0.2, -0.15) is 4.98 Å². The summed E-state index contributed by atoms with van der Waals surface area (Å²) in [6.45, 7) is 11.2. The fourth-order valence-electron chi connectivity index (χ4n) is 2.90. The van der Waals surface area contributed by atoms with Crippen molar-refractivity contribution in [1.29, 1.82) is 0 Å². The van der Waals surface area contributed by atoms with Crippen molar-refractivity contribution in [2.45, 2.75) is 32.5 Å². The molecule has 0 aliphatic rings. The highest BCUT2D eigenvalue weighted by Crippen LogP contribution is 2.27. The average Bonchev–Trinajstić information content (AvgIpc) is 3.16. The quantitative estimate of drug-likeness (QED) is 0.294. The largest absolute Gasteiger partial charge is 0.349 e. The van der Waals surface area contributed by atoms with E-state index in [1.54, 1.807) is 25.1 Å². The van der Waals surface area contributed by atoms with Crippen LogP contribution in [0, 0.1) is 12.7 Å². The minimum absolute atomic E-state index is 0.0115. The molecule has 1 N–H and O–H groups in total. The molecule has 0 aliphatic carbocycles. The summed E-state index contributed by atoms with van der Waals surface area (Å²) in [5.41, 5.74) is 1.06. The fourth-order valence-corrected chi connectivity index (χ4v) is 4.78. The first-order chi connectivity index (χ1) is 14.9. The lowest BCUT2D eigenvalue weighted by molar-refractivity contribution is -0.113. The number of hydrogen-bond donors (Lipinski definition) is 1. The maximum atomic E-state index is 13.7. The molecule has 3 rings (SSSR count). The van der Waals surface area contributed by atoms with E-state index in [1.807, 2.05) is 13.8 Å². The van der Waals surface area contributed by atoms with Gasteiger partial charge in [0.05, 0.1) is 5.75 Å². The Kier molecular flexibility index (Phi) is 7.45. The molecule has 1 amide bonds. The van der Waals surface area contributed by atoms with Crippen LogP contribution in [0.15, 0.2) is 40.8 Å². The van der Waals surface area contributed by atoms with Crippen LogP contribution in [0.25, 0.3) is 10.3 Å². The number of rotatable bonds is 9. The van der Waals surface area contributed by atoms with Gasteiger partial charge in [0.15, 0.2) is 15.9 Å². The number of allylic oxidation sites excluding steroid dienone is 1. The van der Waals surface area contributed by atoms with Crippen LogP contribution in [-0.2, 0) is 11.3 Å². The number of anilines is 2. The molecule has 10 heteroatoms. The van der Waals surface area contributed by atoms with Crippen molar-refractivity contribution in [2.75, 3.05) is 29.1 Å². The second-order valence-corrected chi connectivity index (χ2v) is 8.64. The predicted molar refractivity (Wildman–Crippen MR) is 126 cm³/mol. The van der Waals surface area contributed by atoms with Crippen LogP contribution < -0.4 is 15.8 Å². The van der Waals surface area contributed by atoms with Gasteiger partial charge < -0.3 is 10.2 Å². The summed E-state index contributed by atoms with van der Waals surface area (Å²) in [4.78, 5) is 36.5. The van der Waals surface area contributed by atoms with Gasteiger partial charge in [-0.05, 0) is 38.5 Å². The summed E-state index contributed by atoms with van der Waals surface area (Å²) in [5.74, 6) is -0.697. The summed E-state index contributed by atoms with van der Waals surface area (Å²) in [5, 5.41) is 3.80. The maximum Gasteiger partial charge on any atom is 0.274 e. The third-order valence-electron chi connectivity index (χ3n) is 4.60. The van der Waals surface area contributed by atoms with Crippen molar-refractivity contribution >= 4 is 50.2 Å². The Balaban J connectivity index is 1.85. The first kappa shape index (κ1) is 23.0. The number of benzene rings is 1. The number of thiazole rings is 1. The zero-order valence-electron chi connectivity index (χ0n) is 17.6. The number of thioether (sulfide) groups is 1. The summed E-state index contributed by atoms with van der Waals surface area (Å²) in [7, 11) is 0. The van der Waals surface area contributed by atoms with Crippen LogP contribution in [0.5, 0.6) is 0 Å². The van der Waals surface area contributed by atoms with Crippen LogP contribution in [-0.4, -0.2) is 39.3 Å². The lowest BCUT2D eigenvalue weighted by Gasteiger charge is -2.15. The third-order valence-corrected chi connectivity index (χ3v) is 6.67. The van der Waals surface area contributed by atoms with E-state index in [-0.39, 0.29) is 29.6 Å². The van der Waals surface area contributed by atoms with Crippen LogP contribution >= 0.6 is 23.1 Å². The molecule has 31 heavy (non-hydrogen) atoms. The molecule has 0 bridgehead atoms. The normalized spacial score (nSPS) is 11.0.